The molecular weight excluding hydrogens is 262 g/mol. The van der Waals surface area contributed by atoms with Crippen molar-refractivity contribution < 1.29 is 14.6 Å². The minimum atomic E-state index is -0.453. The lowest BCUT2D eigenvalue weighted by Crippen LogP contribution is -1.92. The number of nitrogens with zero attached hydrogens (tertiary/aromatic N) is 3. The Labute approximate surface area is 115 Å². The molecule has 7 nitrogen and oxygen atoms in total. The zero-order valence-corrected chi connectivity index (χ0v) is 11.1. The van der Waals surface area contributed by atoms with E-state index >= 15 is 0 Å². The van der Waals surface area contributed by atoms with Crippen molar-refractivity contribution in [2.75, 3.05) is 6.61 Å². The molecule has 0 aliphatic carbocycles. The monoisotopic (exact) mass is 277 g/mol. The summed E-state index contributed by atoms with van der Waals surface area (Å²) in [6, 6.07) is 4.55. The Morgan fingerprint density at radius 3 is 2.90 bits per heavy atom. The molecule has 0 amide bonds. The van der Waals surface area contributed by atoms with Crippen LogP contribution in [0, 0.1) is 17.0 Å². The Kier molecular flexibility index (Phi) is 4.41. The number of nitro groups is 1. The Morgan fingerprint density at radius 1 is 1.40 bits per heavy atom. The Hall–Kier alpha value is -2.28. The van der Waals surface area contributed by atoms with E-state index in [1.165, 1.54) is 12.1 Å². The van der Waals surface area contributed by atoms with Gasteiger partial charge in [-0.15, -0.1) is 0 Å². The van der Waals surface area contributed by atoms with E-state index in [9.17, 15) is 10.1 Å². The second-order valence-corrected chi connectivity index (χ2v) is 4.45. The van der Waals surface area contributed by atoms with Crippen LogP contribution in [-0.4, -0.2) is 26.8 Å². The van der Waals surface area contributed by atoms with Gasteiger partial charge in [0, 0.05) is 30.7 Å². The SMILES string of the molecule is Cc1ccc([N+](=O)[O-])cc1-c1noc(CCCCO)n1. The van der Waals surface area contributed by atoms with Crippen LogP contribution in [0.4, 0.5) is 5.69 Å². The maximum absolute atomic E-state index is 10.8. The van der Waals surface area contributed by atoms with Crippen molar-refractivity contribution in [2.45, 2.75) is 26.2 Å². The molecule has 1 aromatic heterocycles. The van der Waals surface area contributed by atoms with Gasteiger partial charge in [0.25, 0.3) is 5.69 Å². The maximum atomic E-state index is 10.8. The molecule has 2 rings (SSSR count). The molecule has 1 heterocycles. The Morgan fingerprint density at radius 2 is 2.20 bits per heavy atom. The molecule has 0 saturated carbocycles. The van der Waals surface area contributed by atoms with Gasteiger partial charge >= 0.3 is 0 Å². The molecule has 106 valence electrons. The van der Waals surface area contributed by atoms with Gasteiger partial charge in [0.1, 0.15) is 0 Å². The van der Waals surface area contributed by atoms with Crippen LogP contribution in [0.3, 0.4) is 0 Å². The quantitative estimate of drug-likeness (QED) is 0.493. The van der Waals surface area contributed by atoms with Crippen molar-refractivity contribution in [3.05, 3.63) is 39.8 Å². The molecule has 0 spiro atoms. The standard InChI is InChI=1S/C13H15N3O4/c1-9-5-6-10(16(18)19)8-11(9)13-14-12(20-15-13)4-2-3-7-17/h5-6,8,17H,2-4,7H2,1H3. The fraction of sp³-hybridized carbons (Fsp3) is 0.385. The van der Waals surface area contributed by atoms with Crippen LogP contribution >= 0.6 is 0 Å². The molecule has 20 heavy (non-hydrogen) atoms. The Balaban J connectivity index is 2.23. The molecule has 0 saturated heterocycles. The number of aliphatic hydroxyl groups excluding tert-OH is 1. The van der Waals surface area contributed by atoms with Crippen LogP contribution < -0.4 is 0 Å². The molecule has 0 aliphatic heterocycles. The predicted molar refractivity (Wildman–Crippen MR) is 71.1 cm³/mol. The summed E-state index contributed by atoms with van der Waals surface area (Å²) in [5.41, 5.74) is 1.44. The van der Waals surface area contributed by atoms with E-state index in [-0.39, 0.29) is 12.3 Å². The molecule has 0 radical (unpaired) electrons. The third kappa shape index (κ3) is 3.18. The van der Waals surface area contributed by atoms with Crippen molar-refractivity contribution in [3.8, 4) is 11.4 Å². The van der Waals surface area contributed by atoms with Crippen molar-refractivity contribution in [1.82, 2.24) is 10.1 Å². The van der Waals surface area contributed by atoms with Crippen molar-refractivity contribution >= 4 is 5.69 Å². The number of aromatic nitrogens is 2. The van der Waals surface area contributed by atoms with E-state index in [1.54, 1.807) is 6.07 Å². The molecule has 0 aliphatic rings. The normalized spacial score (nSPS) is 10.7. The summed E-state index contributed by atoms with van der Waals surface area (Å²) in [7, 11) is 0. The van der Waals surface area contributed by atoms with Crippen molar-refractivity contribution in [2.24, 2.45) is 0 Å². The lowest BCUT2D eigenvalue weighted by atomic mass is 10.1. The van der Waals surface area contributed by atoms with Gasteiger partial charge in [-0.2, -0.15) is 4.98 Å². The van der Waals surface area contributed by atoms with E-state index in [0.29, 0.717) is 30.1 Å². The number of unbranched alkanes of at least 4 members (excludes halogenated alkanes) is 1. The summed E-state index contributed by atoms with van der Waals surface area (Å²) < 4.78 is 5.11. The molecule has 1 aromatic carbocycles. The zero-order valence-electron chi connectivity index (χ0n) is 11.1. The highest BCUT2D eigenvalue weighted by molar-refractivity contribution is 5.63. The number of non-ortho nitro benzene ring substituents is 1. The molecule has 0 atom stereocenters. The highest BCUT2D eigenvalue weighted by Crippen LogP contribution is 2.25. The molecule has 2 aromatic rings. The third-order valence-corrected chi connectivity index (χ3v) is 2.94. The number of hydrogen-bond donors (Lipinski definition) is 1. The van der Waals surface area contributed by atoms with Gasteiger partial charge in [0.2, 0.25) is 11.7 Å². The average molecular weight is 277 g/mol. The van der Waals surface area contributed by atoms with Gasteiger partial charge in [0.05, 0.1) is 4.92 Å². The minimum absolute atomic E-state index is 0.00256. The first kappa shape index (κ1) is 14.1. The van der Waals surface area contributed by atoms with Crippen LogP contribution in [0.25, 0.3) is 11.4 Å². The minimum Gasteiger partial charge on any atom is -0.396 e. The molecule has 0 unspecified atom stereocenters. The molecule has 7 heteroatoms. The summed E-state index contributed by atoms with van der Waals surface area (Å²) in [5.74, 6) is 0.824. The third-order valence-electron chi connectivity index (χ3n) is 2.94. The number of hydrogen-bond acceptors (Lipinski definition) is 6. The van der Waals surface area contributed by atoms with Gasteiger partial charge in [-0.1, -0.05) is 11.2 Å². The molecule has 0 fully saturated rings. The average Bonchev–Trinajstić information content (AvgIpc) is 2.88. The second kappa shape index (κ2) is 6.25. The van der Waals surface area contributed by atoms with Crippen LogP contribution in [-0.2, 0) is 6.42 Å². The van der Waals surface area contributed by atoms with Gasteiger partial charge in [-0.05, 0) is 25.3 Å². The van der Waals surface area contributed by atoms with Crippen molar-refractivity contribution in [1.29, 1.82) is 0 Å². The van der Waals surface area contributed by atoms with Gasteiger partial charge in [-0.3, -0.25) is 10.1 Å². The largest absolute Gasteiger partial charge is 0.396 e. The number of nitro benzene ring substituents is 1. The summed E-state index contributed by atoms with van der Waals surface area (Å²) in [6.45, 7) is 1.96. The van der Waals surface area contributed by atoms with Gasteiger partial charge in [0.15, 0.2) is 0 Å². The fourth-order valence-corrected chi connectivity index (χ4v) is 1.82. The second-order valence-electron chi connectivity index (χ2n) is 4.45. The van der Waals surface area contributed by atoms with Gasteiger partial charge in [-0.25, -0.2) is 0 Å². The van der Waals surface area contributed by atoms with E-state index in [0.717, 1.165) is 12.0 Å². The van der Waals surface area contributed by atoms with Crippen LogP contribution in [0.15, 0.2) is 22.7 Å². The molecular formula is C13H15N3O4. The highest BCUT2D eigenvalue weighted by atomic mass is 16.6. The van der Waals surface area contributed by atoms with Crippen LogP contribution in [0.5, 0.6) is 0 Å². The topological polar surface area (TPSA) is 102 Å². The molecule has 0 bridgehead atoms. The number of aryl methyl sites for hydroxylation is 2. The first-order valence-electron chi connectivity index (χ1n) is 6.30. The first-order chi connectivity index (χ1) is 9.61. The number of benzene rings is 1. The highest BCUT2D eigenvalue weighted by Gasteiger charge is 2.15. The summed E-state index contributed by atoms with van der Waals surface area (Å²) in [4.78, 5) is 14.6. The summed E-state index contributed by atoms with van der Waals surface area (Å²) >= 11 is 0. The smallest absolute Gasteiger partial charge is 0.270 e. The lowest BCUT2D eigenvalue weighted by Gasteiger charge is -2.00. The number of aliphatic hydroxyl groups is 1. The Bertz CT molecular complexity index is 609. The molecule has 1 N–H and O–H groups in total. The predicted octanol–water partition coefficient (Wildman–Crippen LogP) is 2.27. The maximum Gasteiger partial charge on any atom is 0.270 e. The summed E-state index contributed by atoms with van der Waals surface area (Å²) in [5, 5.41) is 23.4. The van der Waals surface area contributed by atoms with Crippen LogP contribution in [0.2, 0.25) is 0 Å². The van der Waals surface area contributed by atoms with E-state index in [4.69, 9.17) is 9.63 Å². The van der Waals surface area contributed by atoms with E-state index in [1.807, 2.05) is 6.92 Å². The number of rotatable bonds is 6. The van der Waals surface area contributed by atoms with Gasteiger partial charge < -0.3 is 9.63 Å². The first-order valence-corrected chi connectivity index (χ1v) is 6.30. The van der Waals surface area contributed by atoms with E-state index < -0.39 is 4.92 Å². The summed E-state index contributed by atoms with van der Waals surface area (Å²) in [6.07, 6.45) is 2.02. The lowest BCUT2D eigenvalue weighted by molar-refractivity contribution is -0.384. The zero-order chi connectivity index (χ0) is 14.5. The van der Waals surface area contributed by atoms with E-state index in [2.05, 4.69) is 10.1 Å². The van der Waals surface area contributed by atoms with Crippen molar-refractivity contribution in [3.63, 3.8) is 0 Å². The van der Waals surface area contributed by atoms with Crippen LogP contribution in [0.1, 0.15) is 24.3 Å². The fourth-order valence-electron chi connectivity index (χ4n) is 1.82.